The molecule has 9 heteroatoms. The van der Waals surface area contributed by atoms with Gasteiger partial charge in [-0.2, -0.15) is 0 Å². The van der Waals surface area contributed by atoms with Gasteiger partial charge in [-0.3, -0.25) is 4.79 Å². The van der Waals surface area contributed by atoms with Gasteiger partial charge in [0.1, 0.15) is 0 Å². The van der Waals surface area contributed by atoms with Gasteiger partial charge < -0.3 is 14.8 Å². The van der Waals surface area contributed by atoms with Crippen LogP contribution in [0.3, 0.4) is 0 Å². The van der Waals surface area contributed by atoms with Crippen molar-refractivity contribution in [3.63, 3.8) is 0 Å². The summed E-state index contributed by atoms with van der Waals surface area (Å²) in [5, 5.41) is 7.96. The number of ether oxygens (including phenoxy) is 2. The van der Waals surface area contributed by atoms with E-state index in [1.165, 1.54) is 44.6 Å². The van der Waals surface area contributed by atoms with Crippen LogP contribution in [0.25, 0.3) is 6.08 Å². The quantitative estimate of drug-likeness (QED) is 0.730. The Morgan fingerprint density at radius 1 is 1.19 bits per heavy atom. The number of amides is 1. The lowest BCUT2D eigenvalue weighted by atomic mass is 10.2. The highest BCUT2D eigenvalue weighted by Crippen LogP contribution is 2.36. The van der Waals surface area contributed by atoms with Crippen LogP contribution in [0.1, 0.15) is 5.56 Å². The Bertz CT molecular complexity index is 958. The van der Waals surface area contributed by atoms with Crippen molar-refractivity contribution >= 4 is 39.3 Å². The van der Waals surface area contributed by atoms with Crippen molar-refractivity contribution in [3.05, 3.63) is 53.1 Å². The highest BCUT2D eigenvalue weighted by Gasteiger charge is 2.11. The van der Waals surface area contributed by atoms with Crippen molar-refractivity contribution in [3.8, 4) is 11.5 Å². The number of rotatable bonds is 6. The molecular weight excluding hydrogens is 380 g/mol. The molecule has 0 bridgehead atoms. The minimum atomic E-state index is -3.85. The molecule has 2 rings (SSSR count). The minimum Gasteiger partial charge on any atom is -0.493 e. The van der Waals surface area contributed by atoms with Crippen LogP contribution >= 0.6 is 11.6 Å². The lowest BCUT2D eigenvalue weighted by molar-refractivity contribution is -0.111. The van der Waals surface area contributed by atoms with Crippen LogP contribution in [0.15, 0.2) is 47.4 Å². The summed E-state index contributed by atoms with van der Waals surface area (Å²) in [4.78, 5) is 12.0. The van der Waals surface area contributed by atoms with Crippen molar-refractivity contribution < 1.29 is 22.7 Å². The van der Waals surface area contributed by atoms with Gasteiger partial charge >= 0.3 is 0 Å². The van der Waals surface area contributed by atoms with Gasteiger partial charge in [0.15, 0.2) is 11.5 Å². The molecule has 2 aromatic rings. The van der Waals surface area contributed by atoms with Crippen LogP contribution in [-0.4, -0.2) is 28.5 Å². The minimum absolute atomic E-state index is 0.0917. The molecule has 2 aromatic carbocycles. The maximum absolute atomic E-state index is 12.0. The van der Waals surface area contributed by atoms with Crippen molar-refractivity contribution in [1.29, 1.82) is 0 Å². The summed E-state index contributed by atoms with van der Waals surface area (Å²) in [5.41, 5.74) is 0.928. The molecule has 138 valence electrons. The zero-order valence-electron chi connectivity index (χ0n) is 14.0. The fourth-order valence-electron chi connectivity index (χ4n) is 2.14. The van der Waals surface area contributed by atoms with Crippen LogP contribution in [0.5, 0.6) is 11.5 Å². The van der Waals surface area contributed by atoms with Crippen molar-refractivity contribution in [1.82, 2.24) is 0 Å². The predicted molar refractivity (Wildman–Crippen MR) is 100 cm³/mol. The molecule has 1 amide bonds. The van der Waals surface area contributed by atoms with Gasteiger partial charge in [0.25, 0.3) is 0 Å². The average molecular weight is 397 g/mol. The van der Waals surface area contributed by atoms with Gasteiger partial charge in [0.2, 0.25) is 15.9 Å². The molecule has 0 aliphatic heterocycles. The molecule has 0 fully saturated rings. The Kier molecular flexibility index (Phi) is 6.25. The van der Waals surface area contributed by atoms with Crippen LogP contribution in [0.2, 0.25) is 5.02 Å². The number of halogens is 1. The Morgan fingerprint density at radius 2 is 1.92 bits per heavy atom. The second kappa shape index (κ2) is 8.22. The van der Waals surface area contributed by atoms with E-state index in [2.05, 4.69) is 5.32 Å². The summed E-state index contributed by atoms with van der Waals surface area (Å²) in [6, 6.07) is 8.92. The average Bonchev–Trinajstić information content (AvgIpc) is 2.59. The number of carbonyl (C=O) groups excluding carboxylic acids is 1. The van der Waals surface area contributed by atoms with Gasteiger partial charge in [0.05, 0.1) is 24.1 Å². The predicted octanol–water partition coefficient (Wildman–Crippen LogP) is 2.66. The number of carbonyl (C=O) groups is 1. The van der Waals surface area contributed by atoms with Crippen LogP contribution in [-0.2, 0) is 14.8 Å². The van der Waals surface area contributed by atoms with E-state index in [4.69, 9.17) is 26.2 Å². The number of nitrogens with one attached hydrogen (secondary N) is 1. The summed E-state index contributed by atoms with van der Waals surface area (Å²) in [7, 11) is -0.892. The fraction of sp³-hybridized carbons (Fsp3) is 0.118. The zero-order valence-corrected chi connectivity index (χ0v) is 15.6. The van der Waals surface area contributed by atoms with E-state index in [-0.39, 0.29) is 4.90 Å². The monoisotopic (exact) mass is 396 g/mol. The Labute approximate surface area is 156 Å². The first kappa shape index (κ1) is 19.8. The van der Waals surface area contributed by atoms with E-state index in [1.807, 2.05) is 0 Å². The largest absolute Gasteiger partial charge is 0.493 e. The molecule has 3 N–H and O–H groups in total. The first-order chi connectivity index (χ1) is 12.2. The van der Waals surface area contributed by atoms with Crippen molar-refractivity contribution in [2.45, 2.75) is 4.90 Å². The number of hydrogen-bond acceptors (Lipinski definition) is 5. The second-order valence-corrected chi connectivity index (χ2v) is 7.10. The molecule has 0 saturated carbocycles. The maximum Gasteiger partial charge on any atom is 0.248 e. The molecule has 0 atom stereocenters. The molecule has 0 unspecified atom stereocenters. The molecular formula is C17H17ClN2O5S. The summed E-state index contributed by atoms with van der Waals surface area (Å²) >= 11 is 6.11. The maximum atomic E-state index is 12.0. The van der Waals surface area contributed by atoms with Crippen LogP contribution in [0, 0.1) is 0 Å². The van der Waals surface area contributed by atoms with Gasteiger partial charge in [-0.1, -0.05) is 17.7 Å². The topological polar surface area (TPSA) is 108 Å². The van der Waals surface area contributed by atoms with Crippen molar-refractivity contribution in [2.24, 2.45) is 5.14 Å². The van der Waals surface area contributed by atoms with E-state index in [9.17, 15) is 13.2 Å². The molecule has 7 nitrogen and oxygen atoms in total. The number of methoxy groups -OCH3 is 2. The van der Waals surface area contributed by atoms with Gasteiger partial charge in [-0.15, -0.1) is 0 Å². The number of nitrogens with two attached hydrogens (primary N) is 1. The van der Waals surface area contributed by atoms with Gasteiger partial charge in [-0.25, -0.2) is 13.6 Å². The Balaban J connectivity index is 2.17. The first-order valence-electron chi connectivity index (χ1n) is 7.28. The third kappa shape index (κ3) is 4.98. The van der Waals surface area contributed by atoms with E-state index in [0.29, 0.717) is 27.8 Å². The second-order valence-electron chi connectivity index (χ2n) is 5.13. The van der Waals surface area contributed by atoms with Crippen LogP contribution in [0.4, 0.5) is 5.69 Å². The number of hydrogen-bond donors (Lipinski definition) is 2. The van der Waals surface area contributed by atoms with Crippen LogP contribution < -0.4 is 19.9 Å². The zero-order chi connectivity index (χ0) is 19.3. The third-order valence-corrected chi connectivity index (χ3v) is 4.50. The Hall–Kier alpha value is -2.55. The smallest absolute Gasteiger partial charge is 0.248 e. The highest BCUT2D eigenvalue weighted by molar-refractivity contribution is 7.89. The molecule has 0 aliphatic rings. The summed E-state index contributed by atoms with van der Waals surface area (Å²) in [6.07, 6.45) is 2.81. The molecule has 0 aromatic heterocycles. The van der Waals surface area contributed by atoms with Crippen molar-refractivity contribution in [2.75, 3.05) is 19.5 Å². The summed E-state index contributed by atoms with van der Waals surface area (Å²) in [5.74, 6) is 0.374. The number of anilines is 1. The fourth-order valence-corrected chi connectivity index (χ4v) is 3.00. The van der Waals surface area contributed by atoms with E-state index in [1.54, 1.807) is 18.2 Å². The SMILES string of the molecule is COc1cc(/C=C/C(=O)Nc2cccc(S(N)(=O)=O)c2)cc(Cl)c1OC. The molecule has 0 radical (unpaired) electrons. The number of benzene rings is 2. The molecule has 26 heavy (non-hydrogen) atoms. The van der Waals surface area contributed by atoms with Gasteiger partial charge in [0, 0.05) is 11.8 Å². The lowest BCUT2D eigenvalue weighted by Crippen LogP contribution is -2.13. The molecule has 0 spiro atoms. The molecule has 0 saturated heterocycles. The van der Waals surface area contributed by atoms with E-state index >= 15 is 0 Å². The highest BCUT2D eigenvalue weighted by atomic mass is 35.5. The summed E-state index contributed by atoms with van der Waals surface area (Å²) < 4.78 is 33.0. The third-order valence-electron chi connectivity index (χ3n) is 3.31. The Morgan fingerprint density at radius 3 is 2.54 bits per heavy atom. The molecule has 0 aliphatic carbocycles. The van der Waals surface area contributed by atoms with E-state index in [0.717, 1.165) is 0 Å². The first-order valence-corrected chi connectivity index (χ1v) is 9.20. The lowest BCUT2D eigenvalue weighted by Gasteiger charge is -2.10. The normalized spacial score (nSPS) is 11.4. The number of primary sulfonamides is 1. The number of sulfonamides is 1. The van der Waals surface area contributed by atoms with Gasteiger partial charge in [-0.05, 0) is 42.0 Å². The standard InChI is InChI=1S/C17H17ClN2O5S/c1-24-15-9-11(8-14(18)17(15)25-2)6-7-16(21)20-12-4-3-5-13(10-12)26(19,22)23/h3-10H,1-2H3,(H,20,21)(H2,19,22,23)/b7-6+. The molecule has 0 heterocycles. The van der Waals surface area contributed by atoms with E-state index < -0.39 is 15.9 Å². The summed E-state index contributed by atoms with van der Waals surface area (Å²) in [6.45, 7) is 0.